The van der Waals surface area contributed by atoms with Crippen molar-refractivity contribution in [3.8, 4) is 11.8 Å². The highest BCUT2D eigenvalue weighted by atomic mass is 16.1. The number of aryl methyl sites for hydroxylation is 3. The number of hydrogen-bond acceptors (Lipinski definition) is 2. The van der Waals surface area contributed by atoms with Crippen LogP contribution in [0.3, 0.4) is 0 Å². The first-order valence-corrected chi connectivity index (χ1v) is 9.57. The predicted octanol–water partition coefficient (Wildman–Crippen LogP) is 5.57. The average molecular weight is 383 g/mol. The predicted molar refractivity (Wildman–Crippen MR) is 118 cm³/mol. The molecule has 1 N–H and O–H groups in total. The van der Waals surface area contributed by atoms with Gasteiger partial charge >= 0.3 is 0 Å². The maximum atomic E-state index is 12.6. The first kappa shape index (κ1) is 20.2. The molecule has 0 saturated carbocycles. The molecule has 0 spiro atoms. The van der Waals surface area contributed by atoms with Gasteiger partial charge in [0.25, 0.3) is 5.91 Å². The lowest BCUT2D eigenvalue weighted by atomic mass is 10.1. The van der Waals surface area contributed by atoms with Crippen LogP contribution in [0.5, 0.6) is 0 Å². The number of nitriles is 1. The Balaban J connectivity index is 1.96. The molecule has 0 aliphatic rings. The minimum atomic E-state index is -0.409. The van der Waals surface area contributed by atoms with E-state index in [2.05, 4.69) is 35.9 Å². The Morgan fingerprint density at radius 1 is 1.03 bits per heavy atom. The summed E-state index contributed by atoms with van der Waals surface area (Å²) in [6, 6.07) is 17.8. The van der Waals surface area contributed by atoms with E-state index in [0.717, 1.165) is 28.2 Å². The molecule has 0 saturated heterocycles. The number of nitrogens with one attached hydrogen (secondary N) is 1. The minimum absolute atomic E-state index is 0.0757. The molecule has 0 aliphatic carbocycles. The number of carbonyl (C=O) groups is 1. The maximum absolute atomic E-state index is 12.6. The summed E-state index contributed by atoms with van der Waals surface area (Å²) in [5.74, 6) is -0.409. The molecule has 0 bridgehead atoms. The Kier molecular flexibility index (Phi) is 5.70. The highest BCUT2D eigenvalue weighted by Crippen LogP contribution is 2.26. The van der Waals surface area contributed by atoms with Crippen LogP contribution in [-0.4, -0.2) is 10.5 Å². The first-order chi connectivity index (χ1) is 13.8. The van der Waals surface area contributed by atoms with Gasteiger partial charge in [0.2, 0.25) is 0 Å². The molecule has 29 heavy (non-hydrogen) atoms. The molecule has 3 aromatic rings. The van der Waals surface area contributed by atoms with Crippen molar-refractivity contribution in [2.75, 3.05) is 5.32 Å². The molecular formula is C25H25N3O. The SMILES string of the molecule is Cc1ccc(NC(=O)/C(C#N)=C\c2cc(C)n(-c3cccc(C)c3C)c2C)cc1. The molecule has 1 heterocycles. The Morgan fingerprint density at radius 3 is 2.38 bits per heavy atom. The fourth-order valence-electron chi connectivity index (χ4n) is 3.42. The summed E-state index contributed by atoms with van der Waals surface area (Å²) < 4.78 is 2.17. The van der Waals surface area contributed by atoms with Crippen LogP contribution >= 0.6 is 0 Å². The van der Waals surface area contributed by atoms with Crippen LogP contribution in [0.15, 0.2) is 54.1 Å². The van der Waals surface area contributed by atoms with Crippen LogP contribution in [-0.2, 0) is 4.79 Å². The number of amides is 1. The van der Waals surface area contributed by atoms with Gasteiger partial charge in [-0.05, 0) is 81.7 Å². The summed E-state index contributed by atoms with van der Waals surface area (Å²) in [6.07, 6.45) is 1.66. The molecule has 0 radical (unpaired) electrons. The van der Waals surface area contributed by atoms with Gasteiger partial charge in [-0.1, -0.05) is 29.8 Å². The van der Waals surface area contributed by atoms with E-state index in [1.165, 1.54) is 11.1 Å². The third-order valence-electron chi connectivity index (χ3n) is 5.26. The normalized spacial score (nSPS) is 11.2. The van der Waals surface area contributed by atoms with E-state index in [9.17, 15) is 10.1 Å². The van der Waals surface area contributed by atoms with Crippen LogP contribution in [0, 0.1) is 45.9 Å². The van der Waals surface area contributed by atoms with Crippen LogP contribution in [0.4, 0.5) is 5.69 Å². The van der Waals surface area contributed by atoms with Crippen LogP contribution < -0.4 is 5.32 Å². The van der Waals surface area contributed by atoms with E-state index >= 15 is 0 Å². The molecule has 3 rings (SSSR count). The van der Waals surface area contributed by atoms with E-state index in [-0.39, 0.29) is 5.57 Å². The summed E-state index contributed by atoms with van der Waals surface area (Å²) in [5.41, 5.74) is 8.31. The van der Waals surface area contributed by atoms with Crippen LogP contribution in [0.1, 0.15) is 33.6 Å². The van der Waals surface area contributed by atoms with Crippen molar-refractivity contribution in [3.05, 3.63) is 87.7 Å². The molecule has 0 unspecified atom stereocenters. The van der Waals surface area contributed by atoms with Gasteiger partial charge in [-0.2, -0.15) is 5.26 Å². The lowest BCUT2D eigenvalue weighted by Gasteiger charge is -2.14. The number of hydrogen-bond donors (Lipinski definition) is 1. The van der Waals surface area contributed by atoms with Crippen molar-refractivity contribution in [1.29, 1.82) is 5.26 Å². The van der Waals surface area contributed by atoms with Gasteiger partial charge in [0.05, 0.1) is 0 Å². The van der Waals surface area contributed by atoms with Gasteiger partial charge in [0, 0.05) is 22.8 Å². The largest absolute Gasteiger partial charge is 0.321 e. The van der Waals surface area contributed by atoms with Crippen molar-refractivity contribution >= 4 is 17.7 Å². The van der Waals surface area contributed by atoms with E-state index in [0.29, 0.717) is 5.69 Å². The molecule has 4 heteroatoms. The van der Waals surface area contributed by atoms with Crippen molar-refractivity contribution in [2.24, 2.45) is 0 Å². The fraction of sp³-hybridized carbons (Fsp3) is 0.200. The number of rotatable bonds is 4. The molecule has 1 amide bonds. The van der Waals surface area contributed by atoms with E-state index < -0.39 is 5.91 Å². The Hall–Kier alpha value is -3.58. The fourth-order valence-corrected chi connectivity index (χ4v) is 3.42. The number of carbonyl (C=O) groups excluding carboxylic acids is 1. The third kappa shape index (κ3) is 4.14. The summed E-state index contributed by atoms with van der Waals surface area (Å²) >= 11 is 0. The quantitative estimate of drug-likeness (QED) is 0.473. The third-order valence-corrected chi connectivity index (χ3v) is 5.26. The van der Waals surface area contributed by atoms with Crippen molar-refractivity contribution < 1.29 is 4.79 Å². The first-order valence-electron chi connectivity index (χ1n) is 9.57. The highest BCUT2D eigenvalue weighted by molar-refractivity contribution is 6.09. The van der Waals surface area contributed by atoms with E-state index in [1.54, 1.807) is 6.08 Å². The Bertz CT molecular complexity index is 1140. The smallest absolute Gasteiger partial charge is 0.266 e. The van der Waals surface area contributed by atoms with Gasteiger partial charge in [0.15, 0.2) is 0 Å². The number of anilines is 1. The Labute approximate surface area is 172 Å². The summed E-state index contributed by atoms with van der Waals surface area (Å²) in [6.45, 7) is 10.2. The lowest BCUT2D eigenvalue weighted by molar-refractivity contribution is -0.112. The molecular weight excluding hydrogens is 358 g/mol. The zero-order chi connectivity index (χ0) is 21.1. The van der Waals surface area contributed by atoms with Crippen molar-refractivity contribution in [3.63, 3.8) is 0 Å². The monoisotopic (exact) mass is 383 g/mol. The van der Waals surface area contributed by atoms with Crippen molar-refractivity contribution in [1.82, 2.24) is 4.57 Å². The van der Waals surface area contributed by atoms with Gasteiger partial charge in [-0.25, -0.2) is 0 Å². The molecule has 1 aromatic heterocycles. The van der Waals surface area contributed by atoms with Crippen molar-refractivity contribution in [2.45, 2.75) is 34.6 Å². The summed E-state index contributed by atoms with van der Waals surface area (Å²) in [4.78, 5) is 12.6. The highest BCUT2D eigenvalue weighted by Gasteiger charge is 2.15. The maximum Gasteiger partial charge on any atom is 0.266 e. The van der Waals surface area contributed by atoms with E-state index in [1.807, 2.05) is 63.2 Å². The van der Waals surface area contributed by atoms with Gasteiger partial charge in [-0.3, -0.25) is 4.79 Å². The Morgan fingerprint density at radius 2 is 1.72 bits per heavy atom. The van der Waals surface area contributed by atoms with E-state index in [4.69, 9.17) is 0 Å². The van der Waals surface area contributed by atoms with Gasteiger partial charge < -0.3 is 9.88 Å². The standard InChI is InChI=1S/C25H25N3O/c1-16-9-11-23(12-10-16)27-25(29)22(15-26)14-21-13-18(3)28(20(21)5)24-8-6-7-17(2)19(24)4/h6-14H,1-5H3,(H,27,29)/b22-14-. The van der Waals surface area contributed by atoms with Crippen LogP contribution in [0.2, 0.25) is 0 Å². The molecule has 146 valence electrons. The van der Waals surface area contributed by atoms with Gasteiger partial charge in [-0.15, -0.1) is 0 Å². The number of nitrogens with zero attached hydrogens (tertiary/aromatic N) is 2. The molecule has 0 aliphatic heterocycles. The molecule has 0 fully saturated rings. The second-order valence-electron chi connectivity index (χ2n) is 7.37. The average Bonchev–Trinajstić information content (AvgIpc) is 2.97. The zero-order valence-electron chi connectivity index (χ0n) is 17.5. The summed E-state index contributed by atoms with van der Waals surface area (Å²) in [7, 11) is 0. The number of aromatic nitrogens is 1. The topological polar surface area (TPSA) is 57.8 Å². The minimum Gasteiger partial charge on any atom is -0.321 e. The second-order valence-corrected chi connectivity index (χ2v) is 7.37. The lowest BCUT2D eigenvalue weighted by Crippen LogP contribution is -2.13. The summed E-state index contributed by atoms with van der Waals surface area (Å²) in [5, 5.41) is 12.4. The van der Waals surface area contributed by atoms with Crippen LogP contribution in [0.25, 0.3) is 11.8 Å². The zero-order valence-corrected chi connectivity index (χ0v) is 17.5. The molecule has 4 nitrogen and oxygen atoms in total. The number of benzene rings is 2. The molecule has 2 aromatic carbocycles. The second kappa shape index (κ2) is 8.20. The molecule has 0 atom stereocenters. The van der Waals surface area contributed by atoms with Gasteiger partial charge in [0.1, 0.15) is 11.6 Å².